The van der Waals surface area contributed by atoms with Crippen LogP contribution in [-0.4, -0.2) is 24.6 Å². The minimum atomic E-state index is -0.698. The van der Waals surface area contributed by atoms with E-state index in [1.807, 2.05) is 39.0 Å². The van der Waals surface area contributed by atoms with E-state index in [1.54, 1.807) is 31.2 Å². The summed E-state index contributed by atoms with van der Waals surface area (Å²) in [4.78, 5) is 24.3. The first-order chi connectivity index (χ1) is 12.9. The summed E-state index contributed by atoms with van der Waals surface area (Å²) in [5.74, 6) is -0.0688. The Morgan fingerprint density at radius 3 is 2.44 bits per heavy atom. The van der Waals surface area contributed by atoms with Crippen LogP contribution in [0.1, 0.15) is 48.2 Å². The molecular weight excluding hydrogens is 342 g/mol. The number of nitrogens with one attached hydrogen (secondary N) is 1. The van der Waals surface area contributed by atoms with E-state index < -0.39 is 6.10 Å². The van der Waals surface area contributed by atoms with E-state index in [1.165, 1.54) is 0 Å². The number of amides is 1. The molecule has 0 aliphatic rings. The molecule has 0 heterocycles. The van der Waals surface area contributed by atoms with Crippen LogP contribution in [0.15, 0.2) is 42.5 Å². The van der Waals surface area contributed by atoms with Gasteiger partial charge in [0.15, 0.2) is 6.10 Å². The molecule has 5 nitrogen and oxygen atoms in total. The monoisotopic (exact) mass is 369 g/mol. The highest BCUT2D eigenvalue weighted by atomic mass is 16.6. The van der Waals surface area contributed by atoms with Crippen molar-refractivity contribution >= 4 is 17.6 Å². The molecule has 1 unspecified atom stereocenters. The molecule has 1 atom stereocenters. The van der Waals surface area contributed by atoms with Crippen molar-refractivity contribution in [2.24, 2.45) is 0 Å². The first-order valence-corrected chi connectivity index (χ1v) is 9.23. The van der Waals surface area contributed by atoms with Crippen molar-refractivity contribution in [1.29, 1.82) is 0 Å². The van der Waals surface area contributed by atoms with Crippen molar-refractivity contribution in [3.05, 3.63) is 59.2 Å². The van der Waals surface area contributed by atoms with E-state index in [9.17, 15) is 9.59 Å². The van der Waals surface area contributed by atoms with Crippen LogP contribution in [0.4, 0.5) is 5.69 Å². The van der Waals surface area contributed by atoms with Crippen molar-refractivity contribution in [2.45, 2.75) is 46.6 Å². The van der Waals surface area contributed by atoms with Gasteiger partial charge in [-0.25, -0.2) is 4.79 Å². The molecule has 0 aliphatic carbocycles. The molecule has 0 saturated heterocycles. The third kappa shape index (κ3) is 5.84. The molecule has 27 heavy (non-hydrogen) atoms. The summed E-state index contributed by atoms with van der Waals surface area (Å²) in [6.07, 6.45) is 1.10. The molecule has 5 heteroatoms. The Balaban J connectivity index is 1.95. The molecule has 2 aromatic rings. The number of rotatable bonds is 8. The highest BCUT2D eigenvalue weighted by Crippen LogP contribution is 2.20. The van der Waals surface area contributed by atoms with Crippen molar-refractivity contribution in [2.75, 3.05) is 11.9 Å². The Labute approximate surface area is 160 Å². The van der Waals surface area contributed by atoms with E-state index in [-0.39, 0.29) is 11.9 Å². The Morgan fingerprint density at radius 1 is 1.07 bits per heavy atom. The number of aryl methyl sites for hydroxylation is 1. The SMILES string of the molecule is CCCCOC(=O)C(C)Oc1ccc(C(=O)Nc2cccc(C)c2C)cc1. The predicted octanol–water partition coefficient (Wildman–Crippen LogP) is 4.67. The standard InChI is InChI=1S/C22H27NO4/c1-5-6-14-26-22(25)17(4)27-19-12-10-18(11-13-19)21(24)23-20-9-7-8-15(2)16(20)3/h7-13,17H,5-6,14H2,1-4H3,(H,23,24). The second-order valence-corrected chi connectivity index (χ2v) is 6.51. The lowest BCUT2D eigenvalue weighted by atomic mass is 10.1. The number of hydrogen-bond acceptors (Lipinski definition) is 4. The Bertz CT molecular complexity index is 783. The molecule has 0 saturated carbocycles. The molecule has 0 aromatic heterocycles. The summed E-state index contributed by atoms with van der Waals surface area (Å²) in [6.45, 7) is 8.07. The Kier molecular flexibility index (Phi) is 7.41. The van der Waals surface area contributed by atoms with Gasteiger partial charge in [-0.2, -0.15) is 0 Å². The van der Waals surface area contributed by atoms with Crippen LogP contribution >= 0.6 is 0 Å². The number of carbonyl (C=O) groups excluding carboxylic acids is 2. The first-order valence-electron chi connectivity index (χ1n) is 9.23. The molecule has 0 radical (unpaired) electrons. The van der Waals surface area contributed by atoms with Gasteiger partial charge in [0.25, 0.3) is 5.91 Å². The molecule has 1 N–H and O–H groups in total. The summed E-state index contributed by atoms with van der Waals surface area (Å²) < 4.78 is 10.7. The van der Waals surface area contributed by atoms with Crippen LogP contribution in [0.2, 0.25) is 0 Å². The van der Waals surface area contributed by atoms with Crippen LogP contribution in [0.5, 0.6) is 5.75 Å². The average Bonchev–Trinajstić information content (AvgIpc) is 2.66. The van der Waals surface area contributed by atoms with Gasteiger partial charge in [-0.1, -0.05) is 25.5 Å². The lowest BCUT2D eigenvalue weighted by Crippen LogP contribution is -2.26. The minimum absolute atomic E-state index is 0.192. The van der Waals surface area contributed by atoms with Gasteiger partial charge in [0, 0.05) is 11.3 Å². The van der Waals surface area contributed by atoms with Gasteiger partial charge in [-0.05, 0) is 68.7 Å². The summed E-state index contributed by atoms with van der Waals surface area (Å²) in [7, 11) is 0. The van der Waals surface area contributed by atoms with Gasteiger partial charge >= 0.3 is 5.97 Å². The van der Waals surface area contributed by atoms with Crippen LogP contribution in [0.25, 0.3) is 0 Å². The lowest BCUT2D eigenvalue weighted by molar-refractivity contribution is -0.151. The number of hydrogen-bond donors (Lipinski definition) is 1. The lowest BCUT2D eigenvalue weighted by Gasteiger charge is -2.14. The molecule has 0 spiro atoms. The average molecular weight is 369 g/mol. The van der Waals surface area contributed by atoms with Crippen LogP contribution in [0, 0.1) is 13.8 Å². The fraction of sp³-hybridized carbons (Fsp3) is 0.364. The minimum Gasteiger partial charge on any atom is -0.479 e. The maximum Gasteiger partial charge on any atom is 0.347 e. The number of carbonyl (C=O) groups is 2. The van der Waals surface area contributed by atoms with Gasteiger partial charge in [0.05, 0.1) is 6.61 Å². The maximum atomic E-state index is 12.4. The molecule has 144 valence electrons. The van der Waals surface area contributed by atoms with E-state index in [0.717, 1.165) is 29.7 Å². The summed E-state index contributed by atoms with van der Waals surface area (Å²) in [5.41, 5.74) is 3.47. The van der Waals surface area contributed by atoms with Crippen LogP contribution < -0.4 is 10.1 Å². The summed E-state index contributed by atoms with van der Waals surface area (Å²) in [5, 5.41) is 2.92. The molecular formula is C22H27NO4. The third-order valence-corrected chi connectivity index (χ3v) is 4.36. The molecule has 1 amide bonds. The Morgan fingerprint density at radius 2 is 1.78 bits per heavy atom. The largest absolute Gasteiger partial charge is 0.479 e. The van der Waals surface area contributed by atoms with Gasteiger partial charge in [0.1, 0.15) is 5.75 Å². The zero-order valence-corrected chi connectivity index (χ0v) is 16.4. The van der Waals surface area contributed by atoms with E-state index >= 15 is 0 Å². The fourth-order valence-corrected chi connectivity index (χ4v) is 2.45. The summed E-state index contributed by atoms with van der Waals surface area (Å²) >= 11 is 0. The number of unbranched alkanes of at least 4 members (excludes halogenated alkanes) is 1. The number of esters is 1. The van der Waals surface area contributed by atoms with Crippen molar-refractivity contribution in [1.82, 2.24) is 0 Å². The van der Waals surface area contributed by atoms with Crippen LogP contribution in [0.3, 0.4) is 0 Å². The quantitative estimate of drug-likeness (QED) is 0.543. The molecule has 2 aromatic carbocycles. The van der Waals surface area contributed by atoms with Crippen molar-refractivity contribution in [3.8, 4) is 5.75 Å². The maximum absolute atomic E-state index is 12.4. The van der Waals surface area contributed by atoms with Crippen LogP contribution in [-0.2, 0) is 9.53 Å². The molecule has 2 rings (SSSR count). The Hall–Kier alpha value is -2.82. The summed E-state index contributed by atoms with van der Waals surface area (Å²) in [6, 6.07) is 12.5. The van der Waals surface area contributed by atoms with E-state index in [0.29, 0.717) is 17.9 Å². The second-order valence-electron chi connectivity index (χ2n) is 6.51. The van der Waals surface area contributed by atoms with E-state index in [2.05, 4.69) is 5.32 Å². The van der Waals surface area contributed by atoms with Crippen molar-refractivity contribution in [3.63, 3.8) is 0 Å². The first kappa shape index (κ1) is 20.5. The fourth-order valence-electron chi connectivity index (χ4n) is 2.45. The topological polar surface area (TPSA) is 64.6 Å². The number of benzene rings is 2. The normalized spacial score (nSPS) is 11.6. The van der Waals surface area contributed by atoms with Crippen molar-refractivity contribution < 1.29 is 19.1 Å². The predicted molar refractivity (Wildman–Crippen MR) is 106 cm³/mol. The zero-order chi connectivity index (χ0) is 19.8. The van der Waals surface area contributed by atoms with Gasteiger partial charge < -0.3 is 14.8 Å². The number of anilines is 1. The third-order valence-electron chi connectivity index (χ3n) is 4.36. The smallest absolute Gasteiger partial charge is 0.347 e. The second kappa shape index (κ2) is 9.76. The highest BCUT2D eigenvalue weighted by molar-refractivity contribution is 6.04. The number of ether oxygens (including phenoxy) is 2. The van der Waals surface area contributed by atoms with Gasteiger partial charge in [0.2, 0.25) is 0 Å². The molecule has 0 aliphatic heterocycles. The zero-order valence-electron chi connectivity index (χ0n) is 16.4. The molecule has 0 bridgehead atoms. The van der Waals surface area contributed by atoms with E-state index in [4.69, 9.17) is 9.47 Å². The highest BCUT2D eigenvalue weighted by Gasteiger charge is 2.16. The van der Waals surface area contributed by atoms with Gasteiger partial charge in [-0.15, -0.1) is 0 Å². The van der Waals surface area contributed by atoms with Gasteiger partial charge in [-0.3, -0.25) is 4.79 Å². The molecule has 0 fully saturated rings.